The summed E-state index contributed by atoms with van der Waals surface area (Å²) in [5, 5.41) is 13.3. The Balaban J connectivity index is 1.49. The zero-order valence-electron chi connectivity index (χ0n) is 24.1. The first kappa shape index (κ1) is 28.1. The molecule has 1 amide bonds. The Hall–Kier alpha value is -5.74. The van der Waals surface area contributed by atoms with E-state index in [2.05, 4.69) is 16.4 Å². The molecule has 1 aliphatic heterocycles. The summed E-state index contributed by atoms with van der Waals surface area (Å²) >= 11 is 0. The fourth-order valence-corrected chi connectivity index (χ4v) is 6.08. The second-order valence-electron chi connectivity index (χ2n) is 10.5. The van der Waals surface area contributed by atoms with E-state index in [-0.39, 0.29) is 35.0 Å². The number of nitrogens with one attached hydrogen (secondary N) is 1. The van der Waals surface area contributed by atoms with Gasteiger partial charge in [-0.3, -0.25) is 9.10 Å². The lowest BCUT2D eigenvalue weighted by molar-refractivity contribution is 0.0964. The van der Waals surface area contributed by atoms with Crippen molar-refractivity contribution in [2.75, 3.05) is 24.7 Å². The molecule has 5 heterocycles. The number of furan rings is 1. The normalized spacial score (nSPS) is 12.3. The van der Waals surface area contributed by atoms with Gasteiger partial charge in [-0.1, -0.05) is 0 Å². The molecule has 0 unspecified atom stereocenters. The minimum atomic E-state index is -3.75. The standard InChI is InChI=1S/C32H23FN6O5S/c1-35-32(40)29-21-12-19(25(38(2)45(3,41)42)14-28(21)44-31(29)17-4-6-18(33)7-5-17)22-8-9-27-30(37-22)26-13-20-23(15-34)36-11-10-24(20)39(26)16-43-27/h4-14H,16H2,1-3H3,(H,35,40). The van der Waals surface area contributed by atoms with Gasteiger partial charge < -0.3 is 19.0 Å². The molecule has 0 saturated heterocycles. The van der Waals surface area contributed by atoms with Crippen LogP contribution in [0.3, 0.4) is 0 Å². The molecular weight excluding hydrogens is 599 g/mol. The molecule has 1 N–H and O–H groups in total. The van der Waals surface area contributed by atoms with E-state index in [1.807, 2.05) is 10.6 Å². The third kappa shape index (κ3) is 4.46. The predicted molar refractivity (Wildman–Crippen MR) is 166 cm³/mol. The SMILES string of the molecule is CNC(=O)c1c(-c2ccc(F)cc2)oc2cc(N(C)S(C)(=O)=O)c(-c3ccc4c(n3)-c3cc5c(C#N)nccc5n3CO4)cc12. The fourth-order valence-electron chi connectivity index (χ4n) is 5.57. The quantitative estimate of drug-likeness (QED) is 0.273. The van der Waals surface area contributed by atoms with Crippen LogP contribution >= 0.6 is 0 Å². The van der Waals surface area contributed by atoms with Crippen molar-refractivity contribution < 1.29 is 26.8 Å². The molecule has 224 valence electrons. The van der Waals surface area contributed by atoms with Gasteiger partial charge in [-0.2, -0.15) is 5.26 Å². The molecule has 4 aromatic heterocycles. The van der Waals surface area contributed by atoms with E-state index < -0.39 is 21.7 Å². The van der Waals surface area contributed by atoms with E-state index in [9.17, 15) is 22.9 Å². The largest absolute Gasteiger partial charge is 0.470 e. The topological polar surface area (TPSA) is 143 Å². The molecule has 11 nitrogen and oxygen atoms in total. The third-order valence-corrected chi connectivity index (χ3v) is 9.06. The number of carbonyl (C=O) groups excluding carboxylic acids is 1. The highest BCUT2D eigenvalue weighted by Gasteiger charge is 2.28. The molecule has 0 bridgehead atoms. The summed E-state index contributed by atoms with van der Waals surface area (Å²) in [6.07, 6.45) is 2.64. The number of ether oxygens (including phenoxy) is 1. The number of hydrogen-bond donors (Lipinski definition) is 1. The highest BCUT2D eigenvalue weighted by atomic mass is 32.2. The second kappa shape index (κ2) is 10.2. The minimum absolute atomic E-state index is 0.201. The highest BCUT2D eigenvalue weighted by molar-refractivity contribution is 7.92. The van der Waals surface area contributed by atoms with E-state index in [0.717, 1.165) is 16.1 Å². The zero-order valence-corrected chi connectivity index (χ0v) is 24.9. The van der Waals surface area contributed by atoms with Crippen LogP contribution in [0, 0.1) is 17.1 Å². The first-order chi connectivity index (χ1) is 21.6. The maximum absolute atomic E-state index is 13.7. The van der Waals surface area contributed by atoms with Gasteiger partial charge in [0, 0.05) is 48.3 Å². The Morgan fingerprint density at radius 3 is 2.60 bits per heavy atom. The molecule has 6 aromatic rings. The number of rotatable bonds is 5. The van der Waals surface area contributed by atoms with E-state index in [1.54, 1.807) is 36.5 Å². The number of halogens is 1. The van der Waals surface area contributed by atoms with E-state index >= 15 is 0 Å². The molecule has 0 fully saturated rings. The molecule has 1 aliphatic rings. The van der Waals surface area contributed by atoms with Gasteiger partial charge in [-0.05, 0) is 54.6 Å². The summed E-state index contributed by atoms with van der Waals surface area (Å²) in [6.45, 7) is 0.201. The number of benzene rings is 2. The van der Waals surface area contributed by atoms with Crippen LogP contribution in [0.5, 0.6) is 5.75 Å². The molecule has 0 saturated carbocycles. The van der Waals surface area contributed by atoms with Crippen molar-refractivity contribution in [3.8, 4) is 45.8 Å². The van der Waals surface area contributed by atoms with Gasteiger partial charge in [0.25, 0.3) is 5.91 Å². The molecule has 7 rings (SSSR count). The lowest BCUT2D eigenvalue weighted by Crippen LogP contribution is -2.25. The van der Waals surface area contributed by atoms with E-state index in [4.69, 9.17) is 14.1 Å². The van der Waals surface area contributed by atoms with Gasteiger partial charge in [0.2, 0.25) is 10.0 Å². The fraction of sp³-hybridized carbons (Fsp3) is 0.125. The summed E-state index contributed by atoms with van der Waals surface area (Å²) in [4.78, 5) is 22.3. The molecule has 0 atom stereocenters. The smallest absolute Gasteiger partial charge is 0.255 e. The molecule has 2 aromatic carbocycles. The number of nitrogens with zero attached hydrogens (tertiary/aromatic N) is 5. The van der Waals surface area contributed by atoms with Gasteiger partial charge in [0.15, 0.2) is 6.73 Å². The predicted octanol–water partition coefficient (Wildman–Crippen LogP) is 5.29. The molecular formula is C32H23FN6O5S. The minimum Gasteiger partial charge on any atom is -0.470 e. The maximum Gasteiger partial charge on any atom is 0.255 e. The number of carbonyl (C=O) groups is 1. The molecule has 0 aliphatic carbocycles. The summed E-state index contributed by atoms with van der Waals surface area (Å²) in [5.41, 5.74) is 4.19. The first-order valence-electron chi connectivity index (χ1n) is 13.6. The Labute approximate surface area is 256 Å². The van der Waals surface area contributed by atoms with Crippen LogP contribution in [-0.4, -0.2) is 49.2 Å². The van der Waals surface area contributed by atoms with Gasteiger partial charge in [0.1, 0.15) is 40.4 Å². The maximum atomic E-state index is 13.7. The van der Waals surface area contributed by atoms with Crippen molar-refractivity contribution in [1.29, 1.82) is 5.26 Å². The number of aromatic nitrogens is 3. The van der Waals surface area contributed by atoms with Crippen molar-refractivity contribution >= 4 is 43.5 Å². The summed E-state index contributed by atoms with van der Waals surface area (Å²) in [6, 6.07) is 17.9. The van der Waals surface area contributed by atoms with Crippen molar-refractivity contribution in [2.45, 2.75) is 6.73 Å². The van der Waals surface area contributed by atoms with Crippen LogP contribution < -0.4 is 14.4 Å². The van der Waals surface area contributed by atoms with Crippen LogP contribution in [-0.2, 0) is 16.8 Å². The summed E-state index contributed by atoms with van der Waals surface area (Å²) in [7, 11) is -0.849. The third-order valence-electron chi connectivity index (χ3n) is 7.87. The molecule has 45 heavy (non-hydrogen) atoms. The number of fused-ring (bicyclic) bond motifs is 6. The molecule has 13 heteroatoms. The van der Waals surface area contributed by atoms with Crippen molar-refractivity contribution in [3.63, 3.8) is 0 Å². The Bertz CT molecular complexity index is 2360. The van der Waals surface area contributed by atoms with Crippen LogP contribution in [0.25, 0.3) is 55.8 Å². The average Bonchev–Trinajstić information content (AvgIpc) is 3.61. The summed E-state index contributed by atoms with van der Waals surface area (Å²) < 4.78 is 54.5. The van der Waals surface area contributed by atoms with Gasteiger partial charge in [-0.25, -0.2) is 22.8 Å². The van der Waals surface area contributed by atoms with Crippen molar-refractivity contribution in [3.05, 3.63) is 83.9 Å². The Morgan fingerprint density at radius 1 is 1.11 bits per heavy atom. The van der Waals surface area contributed by atoms with E-state index in [0.29, 0.717) is 44.7 Å². The number of amides is 1. The van der Waals surface area contributed by atoms with Gasteiger partial charge in [0.05, 0.1) is 34.4 Å². The zero-order chi connectivity index (χ0) is 31.6. The van der Waals surface area contributed by atoms with Crippen molar-refractivity contribution in [1.82, 2.24) is 19.9 Å². The van der Waals surface area contributed by atoms with Gasteiger partial charge >= 0.3 is 0 Å². The number of anilines is 1. The number of hydrogen-bond acceptors (Lipinski definition) is 8. The van der Waals surface area contributed by atoms with Crippen LogP contribution in [0.2, 0.25) is 0 Å². The van der Waals surface area contributed by atoms with Crippen molar-refractivity contribution in [2.24, 2.45) is 0 Å². The monoisotopic (exact) mass is 622 g/mol. The molecule has 0 radical (unpaired) electrons. The van der Waals surface area contributed by atoms with Crippen LogP contribution in [0.4, 0.5) is 10.1 Å². The number of pyridine rings is 2. The first-order valence-corrected chi connectivity index (χ1v) is 15.5. The Kier molecular flexibility index (Phi) is 6.34. The number of sulfonamides is 1. The lowest BCUT2D eigenvalue weighted by Gasteiger charge is -2.23. The molecule has 0 spiro atoms. The Morgan fingerprint density at radius 2 is 1.89 bits per heavy atom. The summed E-state index contributed by atoms with van der Waals surface area (Å²) in [5.74, 6) is -0.181. The second-order valence-corrected chi connectivity index (χ2v) is 12.5. The highest BCUT2D eigenvalue weighted by Crippen LogP contribution is 2.43. The van der Waals surface area contributed by atoms with Gasteiger partial charge in [-0.15, -0.1) is 0 Å². The number of nitriles is 1. The van der Waals surface area contributed by atoms with Crippen LogP contribution in [0.1, 0.15) is 16.1 Å². The average molecular weight is 623 g/mol. The lowest BCUT2D eigenvalue weighted by atomic mass is 10.0. The van der Waals surface area contributed by atoms with Crippen LogP contribution in [0.15, 0.2) is 71.3 Å². The van der Waals surface area contributed by atoms with E-state index in [1.165, 1.54) is 38.4 Å².